The van der Waals surface area contributed by atoms with E-state index < -0.39 is 23.7 Å². The molecule has 0 aliphatic carbocycles. The molecule has 0 atom stereocenters. The number of allylic oxidation sites excluding steroid dienone is 2. The highest BCUT2D eigenvalue weighted by Gasteiger charge is 2.20. The van der Waals surface area contributed by atoms with Crippen LogP contribution in [0.2, 0.25) is 0 Å². The van der Waals surface area contributed by atoms with E-state index in [-0.39, 0.29) is 36.7 Å². The molecule has 0 saturated heterocycles. The molecule has 51 heavy (non-hydrogen) atoms. The number of carboxylic acids is 1. The van der Waals surface area contributed by atoms with Crippen LogP contribution in [0.15, 0.2) is 59.0 Å². The van der Waals surface area contributed by atoms with Crippen molar-refractivity contribution in [1.29, 1.82) is 0 Å². The molecular formula is C34H35N11O6. The molecule has 17 nitrogen and oxygen atoms in total. The first kappa shape index (κ1) is 34.1. The fraction of sp³-hybridized carbons (Fsp3) is 0.235. The molecule has 0 aliphatic heterocycles. The number of aryl methyl sites for hydroxylation is 4. The summed E-state index contributed by atoms with van der Waals surface area (Å²) in [5, 5.41) is 19.5. The van der Waals surface area contributed by atoms with Gasteiger partial charge in [-0.3, -0.25) is 34.5 Å². The van der Waals surface area contributed by atoms with Crippen LogP contribution in [-0.2, 0) is 30.8 Å². The predicted molar refractivity (Wildman–Crippen MR) is 187 cm³/mol. The van der Waals surface area contributed by atoms with E-state index in [0.717, 1.165) is 11.2 Å². The van der Waals surface area contributed by atoms with Crippen LogP contribution in [-0.4, -0.2) is 62.7 Å². The standard InChI is InChI=1S/C34H35N11O6/c1-4-22-32(51-19(3)37-22)41-34-39-24-17-21(30(36)49)8-10-26(24)44(34)13-6-5-12-43-25-9-7-20(29(35)48)16-23(25)38-33(43)40-31(50)27-15-18(2)42-45(27)14-11-28(46)47/h5-10,15-17H,4,11-14H2,1-3H3,(H2,35,48)(H2,36,49)(H,39,41)(H,46,47)(H,38,40,50)/b6-5+. The average Bonchev–Trinajstić information content (AvgIpc) is 3.83. The first-order valence-corrected chi connectivity index (χ1v) is 16.0. The lowest BCUT2D eigenvalue weighted by molar-refractivity contribution is -0.137. The lowest BCUT2D eigenvalue weighted by atomic mass is 10.2. The van der Waals surface area contributed by atoms with Crippen molar-refractivity contribution in [2.75, 3.05) is 10.6 Å². The van der Waals surface area contributed by atoms with E-state index in [2.05, 4.69) is 25.7 Å². The maximum absolute atomic E-state index is 13.5. The molecule has 0 bridgehead atoms. The number of amides is 3. The quantitative estimate of drug-likeness (QED) is 0.103. The molecule has 2 aromatic carbocycles. The largest absolute Gasteiger partial charge is 0.481 e. The Hall–Kier alpha value is -6.78. The number of aliphatic carboxylic acids is 1. The Labute approximate surface area is 290 Å². The number of fused-ring (bicyclic) bond motifs is 2. The first-order chi connectivity index (χ1) is 24.4. The van der Waals surface area contributed by atoms with Gasteiger partial charge in [-0.15, -0.1) is 0 Å². The Morgan fingerprint density at radius 3 is 2.02 bits per heavy atom. The van der Waals surface area contributed by atoms with Crippen LogP contribution in [0.5, 0.6) is 0 Å². The second-order valence-electron chi connectivity index (χ2n) is 11.7. The van der Waals surface area contributed by atoms with Crippen molar-refractivity contribution in [2.24, 2.45) is 11.5 Å². The first-order valence-electron chi connectivity index (χ1n) is 16.0. The van der Waals surface area contributed by atoms with Crippen molar-refractivity contribution < 1.29 is 28.7 Å². The zero-order valence-corrected chi connectivity index (χ0v) is 28.0. The van der Waals surface area contributed by atoms with E-state index in [1.165, 1.54) is 4.68 Å². The number of oxazole rings is 1. The van der Waals surface area contributed by atoms with Gasteiger partial charge < -0.3 is 30.1 Å². The molecule has 0 saturated carbocycles. The van der Waals surface area contributed by atoms with Crippen LogP contribution >= 0.6 is 0 Å². The highest BCUT2D eigenvalue weighted by Crippen LogP contribution is 2.27. The van der Waals surface area contributed by atoms with Gasteiger partial charge in [0.05, 0.1) is 40.7 Å². The SMILES string of the molecule is CCc1nc(C)oc1Nc1nc2cc(C(N)=O)ccc2n1C/C=C/Cn1c(NC(=O)c2cc(C)nn2CCC(=O)O)nc2cc(C(N)=O)ccc21. The number of nitrogens with zero attached hydrogens (tertiary/aromatic N) is 7. The Kier molecular flexibility index (Phi) is 9.35. The fourth-order valence-corrected chi connectivity index (χ4v) is 5.66. The summed E-state index contributed by atoms with van der Waals surface area (Å²) in [5.74, 6) is -1.14. The van der Waals surface area contributed by atoms with Gasteiger partial charge in [0.1, 0.15) is 11.4 Å². The number of imidazole rings is 2. The molecule has 0 unspecified atom stereocenters. The van der Waals surface area contributed by atoms with Crippen LogP contribution in [0.4, 0.5) is 17.8 Å². The number of benzene rings is 2. The Bertz CT molecular complexity index is 2360. The molecule has 4 heterocycles. The summed E-state index contributed by atoms with van der Waals surface area (Å²) >= 11 is 0. The molecule has 7 N–H and O–H groups in total. The highest BCUT2D eigenvalue weighted by molar-refractivity contribution is 6.03. The lowest BCUT2D eigenvalue weighted by Gasteiger charge is -2.10. The number of nitrogens with two attached hydrogens (primary N) is 2. The van der Waals surface area contributed by atoms with Gasteiger partial charge in [0, 0.05) is 31.1 Å². The highest BCUT2D eigenvalue weighted by atomic mass is 16.4. The van der Waals surface area contributed by atoms with Crippen molar-refractivity contribution in [3.63, 3.8) is 0 Å². The third-order valence-corrected chi connectivity index (χ3v) is 8.07. The van der Waals surface area contributed by atoms with Gasteiger partial charge >= 0.3 is 5.97 Å². The third-order valence-electron chi connectivity index (χ3n) is 8.07. The van der Waals surface area contributed by atoms with Crippen molar-refractivity contribution in [3.05, 3.63) is 88.7 Å². The minimum absolute atomic E-state index is 0.00642. The molecule has 4 aromatic heterocycles. The number of carboxylic acid groups (broad SMARTS) is 1. The Balaban J connectivity index is 1.31. The van der Waals surface area contributed by atoms with Gasteiger partial charge in [-0.25, -0.2) is 15.0 Å². The van der Waals surface area contributed by atoms with E-state index in [0.29, 0.717) is 58.5 Å². The number of hydrogen-bond acceptors (Lipinski definition) is 10. The molecule has 0 aliphatic rings. The minimum atomic E-state index is -1.02. The van der Waals surface area contributed by atoms with Crippen molar-refractivity contribution in [2.45, 2.75) is 53.2 Å². The lowest BCUT2D eigenvalue weighted by Crippen LogP contribution is -2.21. The molecular weight excluding hydrogens is 658 g/mol. The third kappa shape index (κ3) is 7.17. The summed E-state index contributed by atoms with van der Waals surface area (Å²) in [4.78, 5) is 62.2. The van der Waals surface area contributed by atoms with Crippen molar-refractivity contribution >= 4 is 63.5 Å². The van der Waals surface area contributed by atoms with Crippen LogP contribution in [0.3, 0.4) is 0 Å². The fourth-order valence-electron chi connectivity index (χ4n) is 5.66. The predicted octanol–water partition coefficient (Wildman–Crippen LogP) is 3.67. The number of anilines is 3. The molecule has 6 aromatic rings. The van der Waals surface area contributed by atoms with E-state index >= 15 is 0 Å². The van der Waals surface area contributed by atoms with Gasteiger partial charge in [-0.2, -0.15) is 5.10 Å². The number of carbonyl (C=O) groups is 4. The molecule has 0 radical (unpaired) electrons. The number of rotatable bonds is 14. The number of carbonyl (C=O) groups excluding carboxylic acids is 3. The number of primary amides is 2. The summed E-state index contributed by atoms with van der Waals surface area (Å²) in [6.45, 7) is 6.03. The van der Waals surface area contributed by atoms with E-state index in [1.807, 2.05) is 23.6 Å². The zero-order valence-electron chi connectivity index (χ0n) is 28.0. The van der Waals surface area contributed by atoms with Crippen LogP contribution < -0.4 is 22.1 Å². The molecule has 0 fully saturated rings. The molecule has 3 amide bonds. The van der Waals surface area contributed by atoms with Crippen molar-refractivity contribution in [3.8, 4) is 0 Å². The van der Waals surface area contributed by atoms with E-state index in [1.54, 1.807) is 60.9 Å². The van der Waals surface area contributed by atoms with E-state index in [9.17, 15) is 19.2 Å². The topological polar surface area (TPSA) is 244 Å². The molecule has 6 rings (SSSR count). The van der Waals surface area contributed by atoms with Gasteiger partial charge in [-0.05, 0) is 55.8 Å². The van der Waals surface area contributed by atoms with Gasteiger partial charge in [0.15, 0.2) is 5.89 Å². The smallest absolute Gasteiger partial charge is 0.305 e. The maximum atomic E-state index is 13.5. The second-order valence-corrected chi connectivity index (χ2v) is 11.7. The second kappa shape index (κ2) is 14.0. The molecule has 0 spiro atoms. The minimum Gasteiger partial charge on any atom is -0.481 e. The van der Waals surface area contributed by atoms with Crippen LogP contribution in [0.25, 0.3) is 22.1 Å². The summed E-state index contributed by atoms with van der Waals surface area (Å²) in [6.07, 6.45) is 4.20. The Morgan fingerprint density at radius 1 is 0.863 bits per heavy atom. The summed E-state index contributed by atoms with van der Waals surface area (Å²) in [6, 6.07) is 11.4. The molecule has 262 valence electrons. The number of aromatic nitrogens is 7. The summed E-state index contributed by atoms with van der Waals surface area (Å²) in [7, 11) is 0. The van der Waals surface area contributed by atoms with Crippen LogP contribution in [0, 0.1) is 13.8 Å². The number of hydrogen-bond donors (Lipinski definition) is 5. The van der Waals surface area contributed by atoms with Gasteiger partial charge in [0.2, 0.25) is 29.6 Å². The molecule has 17 heteroatoms. The monoisotopic (exact) mass is 693 g/mol. The van der Waals surface area contributed by atoms with Gasteiger partial charge in [0.25, 0.3) is 5.91 Å². The van der Waals surface area contributed by atoms with E-state index in [4.69, 9.17) is 26.0 Å². The normalized spacial score (nSPS) is 11.5. The summed E-state index contributed by atoms with van der Waals surface area (Å²) < 4.78 is 10.8. The van der Waals surface area contributed by atoms with Crippen molar-refractivity contribution in [1.82, 2.24) is 33.9 Å². The number of nitrogens with one attached hydrogen (secondary N) is 2. The zero-order chi connectivity index (χ0) is 36.4. The maximum Gasteiger partial charge on any atom is 0.305 e. The Morgan fingerprint density at radius 2 is 1.45 bits per heavy atom. The van der Waals surface area contributed by atoms with Gasteiger partial charge in [-0.1, -0.05) is 19.1 Å². The van der Waals surface area contributed by atoms with Crippen LogP contribution in [0.1, 0.15) is 61.8 Å². The average molecular weight is 694 g/mol. The summed E-state index contributed by atoms with van der Waals surface area (Å²) in [5.41, 5.74) is 15.4.